The van der Waals surface area contributed by atoms with Crippen LogP contribution < -0.4 is 15.2 Å². The minimum Gasteiger partial charge on any atom is -0.467 e. The maximum absolute atomic E-state index is 12.2. The van der Waals surface area contributed by atoms with E-state index in [1.807, 2.05) is 0 Å². The third kappa shape index (κ3) is 3.64. The lowest BCUT2D eigenvalue weighted by molar-refractivity contribution is -0.118. The van der Waals surface area contributed by atoms with Crippen molar-refractivity contribution in [1.82, 2.24) is 9.97 Å². The highest BCUT2D eigenvalue weighted by Crippen LogP contribution is 2.39. The number of thiophene rings is 1. The number of nitrogens with two attached hydrogens (primary N) is 1. The number of nitrogens with zero attached hydrogens (tertiary/aromatic N) is 2. The summed E-state index contributed by atoms with van der Waals surface area (Å²) in [6.45, 7) is -0.215. The molecule has 140 valence electrons. The number of sulfonamides is 1. The second-order valence-electron chi connectivity index (χ2n) is 6.12. The first-order valence-electron chi connectivity index (χ1n) is 8.22. The van der Waals surface area contributed by atoms with E-state index in [0.717, 1.165) is 29.5 Å². The molecule has 3 N–H and O–H groups in total. The molecule has 4 rings (SSSR count). The molecule has 8 nitrogen and oxygen atoms in total. The van der Waals surface area contributed by atoms with Crippen LogP contribution in [0.1, 0.15) is 16.9 Å². The molecule has 0 radical (unpaired) electrons. The molecule has 1 aromatic carbocycles. The van der Waals surface area contributed by atoms with E-state index in [4.69, 9.17) is 9.88 Å². The van der Waals surface area contributed by atoms with Crippen molar-refractivity contribution in [2.24, 2.45) is 5.14 Å². The van der Waals surface area contributed by atoms with Gasteiger partial charge in [-0.3, -0.25) is 4.79 Å². The van der Waals surface area contributed by atoms with Gasteiger partial charge in [-0.25, -0.2) is 23.5 Å². The zero-order valence-corrected chi connectivity index (χ0v) is 15.8. The molecule has 0 fully saturated rings. The molecule has 0 saturated heterocycles. The fourth-order valence-electron chi connectivity index (χ4n) is 3.07. The number of amides is 1. The number of benzene rings is 1. The van der Waals surface area contributed by atoms with E-state index in [-0.39, 0.29) is 17.4 Å². The number of ether oxygens (including phenoxy) is 1. The van der Waals surface area contributed by atoms with Crippen LogP contribution in [0, 0.1) is 0 Å². The first kappa shape index (κ1) is 17.8. The lowest BCUT2D eigenvalue weighted by atomic mass is 10.2. The van der Waals surface area contributed by atoms with E-state index in [0.29, 0.717) is 11.6 Å². The van der Waals surface area contributed by atoms with Crippen LogP contribution in [0.15, 0.2) is 35.5 Å². The summed E-state index contributed by atoms with van der Waals surface area (Å²) in [5.74, 6) is 0.0381. The molecule has 2 heterocycles. The van der Waals surface area contributed by atoms with E-state index in [2.05, 4.69) is 15.3 Å². The molecule has 1 aliphatic rings. The van der Waals surface area contributed by atoms with Crippen LogP contribution in [0.25, 0.3) is 10.2 Å². The summed E-state index contributed by atoms with van der Waals surface area (Å²) in [7, 11) is -3.77. The average Bonchev–Trinajstić information content (AvgIpc) is 3.20. The zero-order valence-electron chi connectivity index (χ0n) is 14.1. The van der Waals surface area contributed by atoms with Crippen molar-refractivity contribution in [3.05, 3.63) is 41.0 Å². The van der Waals surface area contributed by atoms with Gasteiger partial charge in [-0.15, -0.1) is 11.3 Å². The Labute approximate surface area is 159 Å². The predicted octanol–water partition coefficient (Wildman–Crippen LogP) is 1.84. The minimum atomic E-state index is -3.77. The van der Waals surface area contributed by atoms with Crippen LogP contribution in [-0.4, -0.2) is 30.9 Å². The van der Waals surface area contributed by atoms with E-state index < -0.39 is 10.0 Å². The third-order valence-electron chi connectivity index (χ3n) is 4.27. The van der Waals surface area contributed by atoms with Gasteiger partial charge in [0.15, 0.2) is 6.61 Å². The molecule has 2 aromatic heterocycles. The van der Waals surface area contributed by atoms with E-state index in [1.165, 1.54) is 41.0 Å². The van der Waals surface area contributed by atoms with Crippen molar-refractivity contribution in [2.75, 3.05) is 11.9 Å². The third-order valence-corrected chi connectivity index (χ3v) is 6.40. The van der Waals surface area contributed by atoms with Gasteiger partial charge >= 0.3 is 0 Å². The second-order valence-corrected chi connectivity index (χ2v) is 8.77. The predicted molar refractivity (Wildman–Crippen MR) is 101 cm³/mol. The van der Waals surface area contributed by atoms with Gasteiger partial charge in [0.1, 0.15) is 11.2 Å². The Bertz CT molecular complexity index is 1120. The molecular formula is C17H16N4O4S2. The standard InChI is InChI=1S/C17H16N4O4S2/c18-27(23,24)11-6-4-10(5-7-11)21-14(22)8-25-16-15-12-2-1-3-13(12)26-17(15)20-9-19-16/h4-7,9H,1-3,8H2,(H,21,22)(H2,18,23,24). The van der Waals surface area contributed by atoms with Crippen molar-refractivity contribution >= 4 is 43.2 Å². The highest BCUT2D eigenvalue weighted by Gasteiger charge is 2.22. The molecule has 1 aliphatic carbocycles. The summed E-state index contributed by atoms with van der Waals surface area (Å²) in [5, 5.41) is 8.60. The van der Waals surface area contributed by atoms with Crippen molar-refractivity contribution in [1.29, 1.82) is 0 Å². The number of hydrogen-bond donors (Lipinski definition) is 2. The van der Waals surface area contributed by atoms with Gasteiger partial charge in [-0.05, 0) is 49.1 Å². The molecule has 0 saturated carbocycles. The monoisotopic (exact) mass is 404 g/mol. The van der Waals surface area contributed by atoms with Gasteiger partial charge in [0.2, 0.25) is 15.9 Å². The van der Waals surface area contributed by atoms with Gasteiger partial charge in [0, 0.05) is 10.6 Å². The van der Waals surface area contributed by atoms with Crippen LogP contribution in [-0.2, 0) is 27.7 Å². The largest absolute Gasteiger partial charge is 0.467 e. The first-order valence-corrected chi connectivity index (χ1v) is 10.6. The van der Waals surface area contributed by atoms with Crippen molar-refractivity contribution in [3.8, 4) is 5.88 Å². The lowest BCUT2D eigenvalue weighted by Gasteiger charge is -2.08. The summed E-state index contributed by atoms with van der Waals surface area (Å²) < 4.78 is 28.1. The quantitative estimate of drug-likeness (QED) is 0.669. The van der Waals surface area contributed by atoms with Gasteiger partial charge < -0.3 is 10.1 Å². The normalized spacial score (nSPS) is 13.5. The van der Waals surface area contributed by atoms with Crippen LogP contribution in [0.4, 0.5) is 5.69 Å². The fraction of sp³-hybridized carbons (Fsp3) is 0.235. The topological polar surface area (TPSA) is 124 Å². The molecule has 0 aliphatic heterocycles. The number of primary sulfonamides is 1. The summed E-state index contributed by atoms with van der Waals surface area (Å²) in [6, 6.07) is 5.58. The summed E-state index contributed by atoms with van der Waals surface area (Å²) in [6.07, 6.45) is 4.57. The highest BCUT2D eigenvalue weighted by molar-refractivity contribution is 7.89. The minimum absolute atomic E-state index is 0.0218. The van der Waals surface area contributed by atoms with E-state index in [1.54, 1.807) is 11.3 Å². The number of aryl methyl sites for hydroxylation is 2. The maximum atomic E-state index is 12.2. The van der Waals surface area contributed by atoms with Crippen LogP contribution in [0.5, 0.6) is 5.88 Å². The van der Waals surface area contributed by atoms with Gasteiger partial charge in [0.25, 0.3) is 5.91 Å². The number of carbonyl (C=O) groups is 1. The first-order chi connectivity index (χ1) is 12.9. The van der Waals surface area contributed by atoms with Crippen LogP contribution >= 0.6 is 11.3 Å². The molecule has 0 unspecified atom stereocenters. The lowest BCUT2D eigenvalue weighted by Crippen LogP contribution is -2.20. The number of hydrogen-bond acceptors (Lipinski definition) is 7. The smallest absolute Gasteiger partial charge is 0.262 e. The van der Waals surface area contributed by atoms with Gasteiger partial charge in [-0.1, -0.05) is 0 Å². The van der Waals surface area contributed by atoms with Crippen molar-refractivity contribution in [2.45, 2.75) is 24.2 Å². The van der Waals surface area contributed by atoms with E-state index >= 15 is 0 Å². The number of fused-ring (bicyclic) bond motifs is 3. The van der Waals surface area contributed by atoms with Crippen LogP contribution in [0.3, 0.4) is 0 Å². The Morgan fingerprint density at radius 2 is 2.00 bits per heavy atom. The Morgan fingerprint density at radius 1 is 1.22 bits per heavy atom. The molecule has 0 bridgehead atoms. The molecule has 1 amide bonds. The zero-order chi connectivity index (χ0) is 19.0. The Morgan fingerprint density at radius 3 is 2.74 bits per heavy atom. The van der Waals surface area contributed by atoms with Crippen LogP contribution in [0.2, 0.25) is 0 Å². The van der Waals surface area contributed by atoms with E-state index in [9.17, 15) is 13.2 Å². The number of carbonyl (C=O) groups excluding carboxylic acids is 1. The fourth-order valence-corrected chi connectivity index (χ4v) is 4.80. The summed E-state index contributed by atoms with van der Waals surface area (Å²) in [5.41, 5.74) is 1.67. The molecule has 27 heavy (non-hydrogen) atoms. The number of anilines is 1. The molecule has 0 spiro atoms. The Balaban J connectivity index is 1.45. The van der Waals surface area contributed by atoms with Gasteiger partial charge in [-0.2, -0.15) is 0 Å². The highest BCUT2D eigenvalue weighted by atomic mass is 32.2. The van der Waals surface area contributed by atoms with Crippen molar-refractivity contribution < 1.29 is 17.9 Å². The summed E-state index contributed by atoms with van der Waals surface area (Å²) >= 11 is 1.65. The molecule has 3 aromatic rings. The summed E-state index contributed by atoms with van der Waals surface area (Å²) in [4.78, 5) is 22.8. The number of rotatable bonds is 5. The molecule has 0 atom stereocenters. The SMILES string of the molecule is NS(=O)(=O)c1ccc(NC(=O)COc2ncnc3sc4c(c23)CCC4)cc1. The average molecular weight is 404 g/mol. The molecular weight excluding hydrogens is 388 g/mol. The number of aromatic nitrogens is 2. The molecule has 10 heteroatoms. The maximum Gasteiger partial charge on any atom is 0.262 e. The second kappa shape index (κ2) is 6.87. The Hall–Kier alpha value is -2.56. The number of nitrogens with one attached hydrogen (secondary N) is 1. The Kier molecular flexibility index (Phi) is 4.54. The van der Waals surface area contributed by atoms with Crippen molar-refractivity contribution in [3.63, 3.8) is 0 Å². The van der Waals surface area contributed by atoms with Gasteiger partial charge in [0.05, 0.1) is 10.3 Å².